The lowest BCUT2D eigenvalue weighted by molar-refractivity contribution is -0.115. The van der Waals surface area contributed by atoms with Crippen LogP contribution in [0.5, 0.6) is 5.75 Å². The number of nitrogens with one attached hydrogen (secondary N) is 1. The smallest absolute Gasteiger partial charge is 0.237 e. The predicted octanol–water partition coefficient (Wildman–Crippen LogP) is 4.30. The number of para-hydroxylation sites is 1. The number of hydrogen-bond donors (Lipinski definition) is 2. The molecule has 0 unspecified atom stereocenters. The average Bonchev–Trinajstić information content (AvgIpc) is 3.13. The highest BCUT2D eigenvalue weighted by molar-refractivity contribution is 8.00. The summed E-state index contributed by atoms with van der Waals surface area (Å²) in [5.74, 6) is 7.73. The number of hydrogen-bond acceptors (Lipinski definition) is 6. The molecule has 0 aliphatic carbocycles. The van der Waals surface area contributed by atoms with Crippen LogP contribution in [-0.2, 0) is 4.79 Å². The van der Waals surface area contributed by atoms with E-state index in [4.69, 9.17) is 10.6 Å². The van der Waals surface area contributed by atoms with Gasteiger partial charge >= 0.3 is 0 Å². The SMILES string of the molecule is CC[C@H](C)c1ccccc1NC(=O)[C@H](C)Sc1nnc(-c2ccc(OC)cc2)n1N. The summed E-state index contributed by atoms with van der Waals surface area (Å²) in [6, 6.07) is 15.3. The number of nitrogens with two attached hydrogens (primary N) is 1. The Hall–Kier alpha value is -3.00. The van der Waals surface area contributed by atoms with Gasteiger partial charge in [-0.1, -0.05) is 43.8 Å². The van der Waals surface area contributed by atoms with E-state index in [2.05, 4.69) is 35.4 Å². The molecule has 1 aromatic heterocycles. The van der Waals surface area contributed by atoms with E-state index >= 15 is 0 Å². The lowest BCUT2D eigenvalue weighted by Crippen LogP contribution is -2.24. The number of carbonyl (C=O) groups excluding carboxylic acids is 1. The van der Waals surface area contributed by atoms with E-state index in [1.807, 2.05) is 49.4 Å². The number of rotatable bonds is 8. The molecule has 0 aliphatic heterocycles. The number of nitrogens with zero attached hydrogens (tertiary/aromatic N) is 3. The molecule has 3 N–H and O–H groups in total. The first-order valence-electron chi connectivity index (χ1n) is 9.86. The van der Waals surface area contributed by atoms with Crippen LogP contribution in [0.4, 0.5) is 5.69 Å². The fraction of sp³-hybridized carbons (Fsp3) is 0.318. The third kappa shape index (κ3) is 4.76. The number of aromatic nitrogens is 3. The first kappa shape index (κ1) is 21.7. The molecule has 0 fully saturated rings. The Balaban J connectivity index is 1.71. The normalized spacial score (nSPS) is 12.9. The number of methoxy groups -OCH3 is 1. The lowest BCUT2D eigenvalue weighted by atomic mass is 9.97. The van der Waals surface area contributed by atoms with E-state index in [0.29, 0.717) is 16.9 Å². The second-order valence-electron chi connectivity index (χ2n) is 7.05. The second kappa shape index (κ2) is 9.67. The van der Waals surface area contributed by atoms with Crippen molar-refractivity contribution in [2.75, 3.05) is 18.3 Å². The molecule has 0 spiro atoms. The summed E-state index contributed by atoms with van der Waals surface area (Å²) < 4.78 is 6.58. The maximum absolute atomic E-state index is 12.8. The third-order valence-corrected chi connectivity index (χ3v) is 6.08. The minimum absolute atomic E-state index is 0.107. The van der Waals surface area contributed by atoms with E-state index < -0.39 is 5.25 Å². The Morgan fingerprint density at radius 3 is 2.53 bits per heavy atom. The molecule has 0 saturated heterocycles. The van der Waals surface area contributed by atoms with Gasteiger partial charge < -0.3 is 15.9 Å². The summed E-state index contributed by atoms with van der Waals surface area (Å²) in [6.45, 7) is 6.12. The van der Waals surface area contributed by atoms with Gasteiger partial charge in [0.2, 0.25) is 11.1 Å². The van der Waals surface area contributed by atoms with Crippen molar-refractivity contribution in [1.29, 1.82) is 0 Å². The van der Waals surface area contributed by atoms with Gasteiger partial charge in [0.05, 0.1) is 12.4 Å². The average molecular weight is 426 g/mol. The van der Waals surface area contributed by atoms with E-state index in [1.54, 1.807) is 7.11 Å². The van der Waals surface area contributed by atoms with Crippen LogP contribution in [-0.4, -0.2) is 33.1 Å². The molecule has 2 aromatic carbocycles. The van der Waals surface area contributed by atoms with Gasteiger partial charge in [0, 0.05) is 11.3 Å². The molecular weight excluding hydrogens is 398 g/mol. The summed E-state index contributed by atoms with van der Waals surface area (Å²) in [6.07, 6.45) is 1.00. The largest absolute Gasteiger partial charge is 0.497 e. The van der Waals surface area contributed by atoms with Gasteiger partial charge in [0.1, 0.15) is 5.75 Å². The maximum Gasteiger partial charge on any atom is 0.237 e. The van der Waals surface area contributed by atoms with Crippen molar-refractivity contribution in [2.24, 2.45) is 0 Å². The van der Waals surface area contributed by atoms with Gasteiger partial charge in [-0.2, -0.15) is 0 Å². The van der Waals surface area contributed by atoms with Gasteiger partial charge in [0.15, 0.2) is 5.82 Å². The van der Waals surface area contributed by atoms with Crippen molar-refractivity contribution in [1.82, 2.24) is 14.9 Å². The van der Waals surface area contributed by atoms with Crippen molar-refractivity contribution in [3.05, 3.63) is 54.1 Å². The minimum atomic E-state index is -0.398. The van der Waals surface area contributed by atoms with E-state index in [1.165, 1.54) is 16.4 Å². The highest BCUT2D eigenvalue weighted by Gasteiger charge is 2.21. The Morgan fingerprint density at radius 1 is 1.17 bits per heavy atom. The van der Waals surface area contributed by atoms with E-state index in [9.17, 15) is 4.79 Å². The minimum Gasteiger partial charge on any atom is -0.497 e. The summed E-state index contributed by atoms with van der Waals surface area (Å²) in [5.41, 5.74) is 2.80. The Bertz CT molecular complexity index is 1000. The van der Waals surface area contributed by atoms with Crippen molar-refractivity contribution in [3.8, 4) is 17.1 Å². The molecule has 0 radical (unpaired) electrons. The zero-order valence-electron chi connectivity index (χ0n) is 17.6. The number of carbonyl (C=O) groups is 1. The molecule has 158 valence electrons. The number of anilines is 1. The van der Waals surface area contributed by atoms with Crippen LogP contribution in [0.15, 0.2) is 53.7 Å². The molecule has 1 amide bonds. The summed E-state index contributed by atoms with van der Waals surface area (Å²) >= 11 is 1.27. The monoisotopic (exact) mass is 425 g/mol. The van der Waals surface area contributed by atoms with Crippen LogP contribution >= 0.6 is 11.8 Å². The highest BCUT2D eigenvalue weighted by atomic mass is 32.2. The summed E-state index contributed by atoms with van der Waals surface area (Å²) in [7, 11) is 1.61. The maximum atomic E-state index is 12.8. The molecule has 1 heterocycles. The Morgan fingerprint density at radius 2 is 1.87 bits per heavy atom. The van der Waals surface area contributed by atoms with Crippen LogP contribution in [0, 0.1) is 0 Å². The van der Waals surface area contributed by atoms with Gasteiger partial charge in [-0.25, -0.2) is 4.68 Å². The number of benzene rings is 2. The highest BCUT2D eigenvalue weighted by Crippen LogP contribution is 2.29. The standard InChI is InChI=1S/C22H27N5O2S/c1-5-14(2)18-8-6-7-9-19(18)24-21(28)15(3)30-22-26-25-20(27(22)23)16-10-12-17(29-4)13-11-16/h6-15H,5,23H2,1-4H3,(H,24,28)/t14-,15-/m0/s1. The molecule has 3 rings (SSSR count). The molecule has 8 heteroatoms. The quantitative estimate of drug-likeness (QED) is 0.413. The molecular formula is C22H27N5O2S. The van der Waals surface area contributed by atoms with Crippen LogP contribution in [0.25, 0.3) is 11.4 Å². The van der Waals surface area contributed by atoms with Crippen LogP contribution in [0.3, 0.4) is 0 Å². The number of thioether (sulfide) groups is 1. The lowest BCUT2D eigenvalue weighted by Gasteiger charge is -2.17. The van der Waals surface area contributed by atoms with Gasteiger partial charge in [0.25, 0.3) is 0 Å². The van der Waals surface area contributed by atoms with Crippen LogP contribution in [0.1, 0.15) is 38.7 Å². The zero-order valence-corrected chi connectivity index (χ0v) is 18.4. The molecule has 7 nitrogen and oxygen atoms in total. The van der Waals surface area contributed by atoms with Gasteiger partial charge in [-0.05, 0) is 55.2 Å². The first-order chi connectivity index (χ1) is 14.4. The summed E-state index contributed by atoms with van der Waals surface area (Å²) in [5, 5.41) is 11.5. The predicted molar refractivity (Wildman–Crippen MR) is 121 cm³/mol. The van der Waals surface area contributed by atoms with Crippen LogP contribution < -0.4 is 15.9 Å². The second-order valence-corrected chi connectivity index (χ2v) is 8.36. The fourth-order valence-electron chi connectivity index (χ4n) is 3.00. The van der Waals surface area contributed by atoms with Crippen molar-refractivity contribution in [2.45, 2.75) is 43.5 Å². The van der Waals surface area contributed by atoms with Crippen molar-refractivity contribution < 1.29 is 9.53 Å². The fourth-order valence-corrected chi connectivity index (χ4v) is 3.77. The number of amides is 1. The molecule has 0 saturated carbocycles. The molecule has 2 atom stereocenters. The van der Waals surface area contributed by atoms with Gasteiger partial charge in [-0.3, -0.25) is 4.79 Å². The number of nitrogen functional groups attached to an aromatic ring is 1. The van der Waals surface area contributed by atoms with Crippen LogP contribution in [0.2, 0.25) is 0 Å². The topological polar surface area (TPSA) is 95.1 Å². The number of ether oxygens (including phenoxy) is 1. The van der Waals surface area contributed by atoms with Crippen molar-refractivity contribution in [3.63, 3.8) is 0 Å². The molecule has 3 aromatic rings. The zero-order chi connectivity index (χ0) is 21.7. The first-order valence-corrected chi connectivity index (χ1v) is 10.7. The van der Waals surface area contributed by atoms with E-state index in [-0.39, 0.29) is 5.91 Å². The summed E-state index contributed by atoms with van der Waals surface area (Å²) in [4.78, 5) is 12.8. The molecule has 0 bridgehead atoms. The van der Waals surface area contributed by atoms with E-state index in [0.717, 1.165) is 29.0 Å². The van der Waals surface area contributed by atoms with Crippen molar-refractivity contribution >= 4 is 23.4 Å². The molecule has 30 heavy (non-hydrogen) atoms. The van der Waals surface area contributed by atoms with Gasteiger partial charge in [-0.15, -0.1) is 10.2 Å². The third-order valence-electron chi connectivity index (χ3n) is 5.03. The Kier molecular flexibility index (Phi) is 6.99. The Labute approximate surface area is 181 Å². The molecule has 0 aliphatic rings.